The number of hydrogen-bond donors (Lipinski definition) is 0. The van der Waals surface area contributed by atoms with Crippen molar-refractivity contribution in [1.29, 1.82) is 0 Å². The van der Waals surface area contributed by atoms with Gasteiger partial charge in [-0.2, -0.15) is 9.30 Å². The van der Waals surface area contributed by atoms with Crippen LogP contribution in [-0.4, -0.2) is 42.4 Å². The first kappa shape index (κ1) is 23.7. The van der Waals surface area contributed by atoms with Crippen LogP contribution in [0.3, 0.4) is 0 Å². The van der Waals surface area contributed by atoms with Crippen molar-refractivity contribution in [3.8, 4) is 5.75 Å². The zero-order valence-electron chi connectivity index (χ0n) is 19.2. The molecule has 33 heavy (non-hydrogen) atoms. The Balaban J connectivity index is 1.63. The summed E-state index contributed by atoms with van der Waals surface area (Å²) in [4.78, 5) is 18.0. The lowest BCUT2D eigenvalue weighted by Gasteiger charge is -2.32. The van der Waals surface area contributed by atoms with Gasteiger partial charge in [-0.3, -0.25) is 4.79 Å². The molecule has 1 unspecified atom stereocenters. The fraction of sp³-hybridized carbons (Fsp3) is 0.417. The van der Waals surface area contributed by atoms with Gasteiger partial charge in [0.2, 0.25) is 10.0 Å². The van der Waals surface area contributed by atoms with Crippen LogP contribution in [0, 0.1) is 0 Å². The van der Waals surface area contributed by atoms with Gasteiger partial charge in [0.05, 0.1) is 21.7 Å². The summed E-state index contributed by atoms with van der Waals surface area (Å²) >= 11 is 1.43. The van der Waals surface area contributed by atoms with Crippen molar-refractivity contribution in [2.45, 2.75) is 57.5 Å². The van der Waals surface area contributed by atoms with Crippen LogP contribution in [0.5, 0.6) is 5.75 Å². The Morgan fingerprint density at radius 1 is 1.15 bits per heavy atom. The molecule has 7 nitrogen and oxygen atoms in total. The van der Waals surface area contributed by atoms with Crippen molar-refractivity contribution in [3.63, 3.8) is 0 Å². The SMILES string of the molecule is CCOc1ccc2c(c1)sc(=NC(=O)c1ccc(S(=O)(=O)N3CCCCC3C)cc1)n2CC. The zero-order chi connectivity index (χ0) is 23.6. The van der Waals surface area contributed by atoms with Crippen molar-refractivity contribution in [3.05, 3.63) is 52.8 Å². The maximum Gasteiger partial charge on any atom is 0.279 e. The summed E-state index contributed by atoms with van der Waals surface area (Å²) in [5.74, 6) is 0.385. The maximum absolute atomic E-state index is 13.0. The van der Waals surface area contributed by atoms with E-state index in [2.05, 4.69) is 4.99 Å². The number of nitrogens with zero attached hydrogens (tertiary/aromatic N) is 3. The van der Waals surface area contributed by atoms with E-state index in [9.17, 15) is 13.2 Å². The number of fused-ring (bicyclic) bond motifs is 1. The van der Waals surface area contributed by atoms with E-state index in [4.69, 9.17) is 4.74 Å². The molecule has 0 N–H and O–H groups in total. The largest absolute Gasteiger partial charge is 0.494 e. The number of rotatable bonds is 6. The molecule has 4 rings (SSSR count). The summed E-state index contributed by atoms with van der Waals surface area (Å²) < 4.78 is 36.2. The van der Waals surface area contributed by atoms with Gasteiger partial charge in [-0.05, 0) is 76.1 Å². The third kappa shape index (κ3) is 4.76. The van der Waals surface area contributed by atoms with Crippen LogP contribution >= 0.6 is 11.3 Å². The van der Waals surface area contributed by atoms with Crippen molar-refractivity contribution >= 4 is 37.5 Å². The third-order valence-electron chi connectivity index (χ3n) is 5.93. The third-order valence-corrected chi connectivity index (χ3v) is 9.00. The van der Waals surface area contributed by atoms with Gasteiger partial charge in [0.25, 0.3) is 5.91 Å². The number of ether oxygens (including phenoxy) is 1. The van der Waals surface area contributed by atoms with Crippen molar-refractivity contribution in [2.24, 2.45) is 4.99 Å². The molecule has 0 radical (unpaired) electrons. The minimum absolute atomic E-state index is 0.0132. The maximum atomic E-state index is 13.0. The normalized spacial score (nSPS) is 18.0. The number of hydrogen-bond acceptors (Lipinski definition) is 5. The second-order valence-corrected chi connectivity index (χ2v) is 11.0. The van der Waals surface area contributed by atoms with Crippen LogP contribution in [0.15, 0.2) is 52.4 Å². The Morgan fingerprint density at radius 2 is 1.91 bits per heavy atom. The standard InChI is InChI=1S/C24H29N3O4S2/c1-4-26-21-14-11-19(31-5-2)16-22(21)32-24(26)25-23(28)18-9-12-20(13-10-18)33(29,30)27-15-7-6-8-17(27)3/h9-14,16-17H,4-8,15H2,1-3H3. The highest BCUT2D eigenvalue weighted by atomic mass is 32.2. The number of benzene rings is 2. The van der Waals surface area contributed by atoms with Gasteiger partial charge >= 0.3 is 0 Å². The molecule has 1 fully saturated rings. The van der Waals surface area contributed by atoms with Crippen LogP contribution in [0.2, 0.25) is 0 Å². The summed E-state index contributed by atoms with van der Waals surface area (Å²) in [5, 5.41) is 0. The zero-order valence-corrected chi connectivity index (χ0v) is 20.8. The molecule has 0 saturated carbocycles. The summed E-state index contributed by atoms with van der Waals surface area (Å²) in [7, 11) is -3.57. The molecule has 0 aliphatic carbocycles. The lowest BCUT2D eigenvalue weighted by molar-refractivity contribution is 0.0997. The molecule has 2 aromatic carbocycles. The van der Waals surface area contributed by atoms with E-state index >= 15 is 0 Å². The average molecular weight is 488 g/mol. The first-order valence-corrected chi connectivity index (χ1v) is 13.6. The van der Waals surface area contributed by atoms with E-state index in [0.29, 0.717) is 30.1 Å². The Hall–Kier alpha value is -2.49. The summed E-state index contributed by atoms with van der Waals surface area (Å²) in [6, 6.07) is 11.9. The van der Waals surface area contributed by atoms with Crippen molar-refractivity contribution < 1.29 is 17.9 Å². The Labute approximate surface area is 198 Å². The van der Waals surface area contributed by atoms with Gasteiger partial charge in [-0.25, -0.2) is 8.42 Å². The van der Waals surface area contributed by atoms with E-state index in [1.807, 2.05) is 43.5 Å². The van der Waals surface area contributed by atoms with Gasteiger partial charge in [0.15, 0.2) is 4.80 Å². The van der Waals surface area contributed by atoms with Gasteiger partial charge in [0.1, 0.15) is 5.75 Å². The Kier molecular flexibility index (Phi) is 7.02. The van der Waals surface area contributed by atoms with E-state index < -0.39 is 15.9 Å². The highest BCUT2D eigenvalue weighted by Crippen LogP contribution is 2.26. The Bertz CT molecular complexity index is 1320. The molecule has 1 aliphatic heterocycles. The topological polar surface area (TPSA) is 81.0 Å². The number of piperidine rings is 1. The highest BCUT2D eigenvalue weighted by molar-refractivity contribution is 7.89. The molecule has 1 amide bonds. The second kappa shape index (κ2) is 9.79. The van der Waals surface area contributed by atoms with Crippen LogP contribution < -0.4 is 9.54 Å². The molecule has 2 heterocycles. The molecule has 3 aromatic rings. The summed E-state index contributed by atoms with van der Waals surface area (Å²) in [5.41, 5.74) is 1.35. The number of aryl methyl sites for hydroxylation is 1. The van der Waals surface area contributed by atoms with Crippen molar-refractivity contribution in [1.82, 2.24) is 8.87 Å². The Morgan fingerprint density at radius 3 is 2.58 bits per heavy atom. The minimum atomic E-state index is -3.57. The number of carbonyl (C=O) groups excluding carboxylic acids is 1. The first-order chi connectivity index (χ1) is 15.8. The number of carbonyl (C=O) groups is 1. The first-order valence-electron chi connectivity index (χ1n) is 11.3. The molecular formula is C24H29N3O4S2. The fourth-order valence-electron chi connectivity index (χ4n) is 4.19. The number of thiazole rings is 1. The van der Waals surface area contributed by atoms with Crippen LogP contribution in [0.1, 0.15) is 50.4 Å². The number of sulfonamides is 1. The molecule has 176 valence electrons. The van der Waals surface area contributed by atoms with Crippen molar-refractivity contribution in [2.75, 3.05) is 13.2 Å². The molecule has 0 bridgehead atoms. The number of aromatic nitrogens is 1. The minimum Gasteiger partial charge on any atom is -0.494 e. The van der Waals surface area contributed by atoms with Crippen LogP contribution in [-0.2, 0) is 16.6 Å². The van der Waals surface area contributed by atoms with E-state index in [1.165, 1.54) is 23.5 Å². The second-order valence-electron chi connectivity index (χ2n) is 8.09. The summed E-state index contributed by atoms with van der Waals surface area (Å²) in [6.45, 7) is 7.68. The van der Waals surface area contributed by atoms with Gasteiger partial charge in [-0.1, -0.05) is 17.8 Å². The smallest absolute Gasteiger partial charge is 0.279 e. The van der Waals surface area contributed by atoms with Crippen LogP contribution in [0.25, 0.3) is 10.2 Å². The van der Waals surface area contributed by atoms with Crippen LogP contribution in [0.4, 0.5) is 0 Å². The highest BCUT2D eigenvalue weighted by Gasteiger charge is 2.30. The fourth-order valence-corrected chi connectivity index (χ4v) is 7.01. The van der Waals surface area contributed by atoms with Gasteiger partial charge in [-0.15, -0.1) is 0 Å². The quantitative estimate of drug-likeness (QED) is 0.515. The molecular weight excluding hydrogens is 458 g/mol. The van der Waals surface area contributed by atoms with E-state index in [-0.39, 0.29) is 10.9 Å². The van der Waals surface area contributed by atoms with Gasteiger partial charge in [0, 0.05) is 24.7 Å². The molecule has 1 atom stereocenters. The molecule has 1 aliphatic rings. The molecule has 0 spiro atoms. The average Bonchev–Trinajstić information content (AvgIpc) is 3.15. The van der Waals surface area contributed by atoms with E-state index in [0.717, 1.165) is 35.2 Å². The van der Waals surface area contributed by atoms with E-state index in [1.54, 1.807) is 16.4 Å². The predicted octanol–water partition coefficient (Wildman–Crippen LogP) is 4.43. The number of amides is 1. The molecule has 1 saturated heterocycles. The lowest BCUT2D eigenvalue weighted by Crippen LogP contribution is -2.41. The summed E-state index contributed by atoms with van der Waals surface area (Å²) in [6.07, 6.45) is 2.79. The molecule has 1 aromatic heterocycles. The lowest BCUT2D eigenvalue weighted by atomic mass is 10.1. The van der Waals surface area contributed by atoms with Gasteiger partial charge < -0.3 is 9.30 Å². The molecule has 9 heteroatoms. The predicted molar refractivity (Wildman–Crippen MR) is 130 cm³/mol. The monoisotopic (exact) mass is 487 g/mol.